The van der Waals surface area contributed by atoms with Crippen LogP contribution in [0.2, 0.25) is 10.0 Å². The molecule has 0 bridgehead atoms. The largest absolute Gasteiger partial charge is 0.465 e. The number of esters is 1. The third-order valence-corrected chi connectivity index (χ3v) is 7.63. The van der Waals surface area contributed by atoms with Gasteiger partial charge in [0.05, 0.1) is 6.61 Å². The number of hydrogen-bond donors (Lipinski definition) is 0. The lowest BCUT2D eigenvalue weighted by Gasteiger charge is -2.37. The Labute approximate surface area is 220 Å². The minimum atomic E-state index is -0.755. The molecule has 36 heavy (non-hydrogen) atoms. The van der Waals surface area contributed by atoms with E-state index in [4.69, 9.17) is 42.4 Å². The number of rotatable bonds is 6. The van der Waals surface area contributed by atoms with Crippen LogP contribution in [0.3, 0.4) is 0 Å². The first kappa shape index (κ1) is 24.8. The van der Waals surface area contributed by atoms with Crippen molar-refractivity contribution in [2.45, 2.75) is 51.4 Å². The smallest absolute Gasteiger partial charge is 0.315 e. The highest BCUT2D eigenvalue weighted by molar-refractivity contribution is 6.32. The fourth-order valence-corrected chi connectivity index (χ4v) is 5.65. The molecule has 5 rings (SSSR count). The Morgan fingerprint density at radius 1 is 1.11 bits per heavy atom. The number of aliphatic imine (C=N–C) groups is 1. The molecule has 2 aromatic carbocycles. The lowest BCUT2D eigenvalue weighted by molar-refractivity contribution is -0.146. The van der Waals surface area contributed by atoms with Gasteiger partial charge in [0.15, 0.2) is 17.3 Å². The minimum absolute atomic E-state index is 0.0222. The van der Waals surface area contributed by atoms with Crippen LogP contribution in [0.5, 0.6) is 11.5 Å². The third kappa shape index (κ3) is 4.64. The fraction of sp³-hybridized carbons (Fsp3) is 0.393. The van der Waals surface area contributed by atoms with Gasteiger partial charge >= 0.3 is 5.97 Å². The van der Waals surface area contributed by atoms with Gasteiger partial charge in [0.2, 0.25) is 6.79 Å². The highest BCUT2D eigenvalue weighted by atomic mass is 35.5. The summed E-state index contributed by atoms with van der Waals surface area (Å²) in [6, 6.07) is 11.0. The SMILES string of the molecule is CCCCOC(=O)C1C(C)=NC2=C(C(=O)C[C@H](c3ccc(Cl)cc3)C2)[C@H]1c1cc2c(cc1Cl)OCO2. The van der Waals surface area contributed by atoms with Crippen LogP contribution in [-0.4, -0.2) is 30.9 Å². The van der Waals surface area contributed by atoms with Crippen molar-refractivity contribution < 1.29 is 23.8 Å². The van der Waals surface area contributed by atoms with E-state index in [9.17, 15) is 9.59 Å². The average Bonchev–Trinajstić information content (AvgIpc) is 3.30. The lowest BCUT2D eigenvalue weighted by Crippen LogP contribution is -2.38. The van der Waals surface area contributed by atoms with Crippen molar-refractivity contribution >= 4 is 40.7 Å². The number of ether oxygens (including phenoxy) is 3. The first-order valence-electron chi connectivity index (χ1n) is 12.2. The van der Waals surface area contributed by atoms with Crippen LogP contribution in [-0.2, 0) is 14.3 Å². The van der Waals surface area contributed by atoms with Crippen molar-refractivity contribution in [1.82, 2.24) is 0 Å². The summed E-state index contributed by atoms with van der Waals surface area (Å²) in [5.41, 5.74) is 3.51. The first-order valence-corrected chi connectivity index (χ1v) is 13.0. The molecule has 2 aromatic rings. The van der Waals surface area contributed by atoms with Crippen molar-refractivity contribution in [3.05, 3.63) is 68.8 Å². The van der Waals surface area contributed by atoms with Gasteiger partial charge in [-0.15, -0.1) is 0 Å². The number of carbonyl (C=O) groups excluding carboxylic acids is 2. The zero-order chi connectivity index (χ0) is 25.4. The summed E-state index contributed by atoms with van der Waals surface area (Å²) in [6.07, 6.45) is 2.56. The van der Waals surface area contributed by atoms with E-state index in [1.54, 1.807) is 12.1 Å². The molecular formula is C28H27Cl2NO5. The van der Waals surface area contributed by atoms with Crippen molar-refractivity contribution in [3.63, 3.8) is 0 Å². The standard InChI is InChI=1S/C28H27Cl2NO5/c1-3-4-9-34-28(33)25-15(2)31-21-10-17(16-5-7-18(29)8-6-16)11-22(32)27(21)26(25)19-12-23-24(13-20(19)30)36-14-35-23/h5-8,12-13,17,25-26H,3-4,9-11,14H2,1-2H3/t17-,25?,26+/m1/s1. The molecule has 0 fully saturated rings. The van der Waals surface area contributed by atoms with Crippen LogP contribution in [0, 0.1) is 5.92 Å². The molecule has 0 spiro atoms. The van der Waals surface area contributed by atoms with Crippen LogP contribution in [0.15, 0.2) is 52.7 Å². The van der Waals surface area contributed by atoms with Crippen LogP contribution >= 0.6 is 23.2 Å². The predicted molar refractivity (Wildman–Crippen MR) is 138 cm³/mol. The molecule has 0 amide bonds. The maximum atomic E-state index is 13.7. The Bertz CT molecular complexity index is 1270. The summed E-state index contributed by atoms with van der Waals surface area (Å²) in [6.45, 7) is 4.27. The molecule has 6 nitrogen and oxygen atoms in total. The Morgan fingerprint density at radius 3 is 2.56 bits per heavy atom. The van der Waals surface area contributed by atoms with E-state index in [1.807, 2.05) is 38.1 Å². The number of hydrogen-bond acceptors (Lipinski definition) is 6. The summed E-state index contributed by atoms with van der Waals surface area (Å²) in [4.78, 5) is 31.9. The van der Waals surface area contributed by atoms with E-state index >= 15 is 0 Å². The summed E-state index contributed by atoms with van der Waals surface area (Å²) in [5.74, 6) is -0.760. The van der Waals surface area contributed by atoms with E-state index in [1.165, 1.54) is 0 Å². The number of benzene rings is 2. The Kier molecular flexibility index (Phi) is 7.09. The quantitative estimate of drug-likeness (QED) is 0.311. The molecule has 2 aliphatic heterocycles. The van der Waals surface area contributed by atoms with E-state index < -0.39 is 17.8 Å². The number of fused-ring (bicyclic) bond motifs is 1. The molecule has 0 radical (unpaired) electrons. The summed E-state index contributed by atoms with van der Waals surface area (Å²) in [7, 11) is 0. The molecule has 0 saturated carbocycles. The number of allylic oxidation sites excluding steroid dienone is 2. The highest BCUT2D eigenvalue weighted by Gasteiger charge is 2.46. The molecule has 188 valence electrons. The van der Waals surface area contributed by atoms with Gasteiger partial charge in [0.1, 0.15) is 5.92 Å². The molecule has 3 atom stereocenters. The lowest BCUT2D eigenvalue weighted by atomic mass is 9.69. The number of unbranched alkanes of at least 4 members (excludes halogenated alkanes) is 1. The van der Waals surface area contributed by atoms with Crippen LogP contribution in [0.25, 0.3) is 0 Å². The number of halogens is 2. The van der Waals surface area contributed by atoms with E-state index in [0.29, 0.717) is 63.5 Å². The van der Waals surface area contributed by atoms with Gasteiger partial charge in [-0.05, 0) is 55.0 Å². The Balaban J connectivity index is 1.58. The van der Waals surface area contributed by atoms with E-state index in [0.717, 1.165) is 18.4 Å². The van der Waals surface area contributed by atoms with Crippen LogP contribution in [0.4, 0.5) is 0 Å². The predicted octanol–water partition coefficient (Wildman–Crippen LogP) is 6.64. The molecule has 3 aliphatic rings. The molecule has 8 heteroatoms. The van der Waals surface area contributed by atoms with Crippen molar-refractivity contribution in [3.8, 4) is 11.5 Å². The van der Waals surface area contributed by atoms with Crippen molar-refractivity contribution in [2.24, 2.45) is 10.9 Å². The monoisotopic (exact) mass is 527 g/mol. The van der Waals surface area contributed by atoms with Gasteiger partial charge in [0.25, 0.3) is 0 Å². The van der Waals surface area contributed by atoms with Crippen LogP contribution < -0.4 is 9.47 Å². The average molecular weight is 528 g/mol. The molecule has 2 heterocycles. The number of ketones is 1. The molecule has 0 aromatic heterocycles. The zero-order valence-electron chi connectivity index (χ0n) is 20.2. The topological polar surface area (TPSA) is 74.2 Å². The second-order valence-corrected chi connectivity index (χ2v) is 10.2. The van der Waals surface area contributed by atoms with E-state index in [2.05, 4.69) is 0 Å². The minimum Gasteiger partial charge on any atom is -0.465 e. The maximum absolute atomic E-state index is 13.7. The van der Waals surface area contributed by atoms with Crippen molar-refractivity contribution in [1.29, 1.82) is 0 Å². The molecule has 1 aliphatic carbocycles. The normalized spacial score (nSPS) is 22.8. The summed E-state index contributed by atoms with van der Waals surface area (Å²) in [5, 5.41) is 1.05. The molecule has 1 unspecified atom stereocenters. The second kappa shape index (κ2) is 10.3. The number of carbonyl (C=O) groups is 2. The Morgan fingerprint density at radius 2 is 1.83 bits per heavy atom. The van der Waals surface area contributed by atoms with Gasteiger partial charge < -0.3 is 14.2 Å². The van der Waals surface area contributed by atoms with Crippen molar-refractivity contribution in [2.75, 3.05) is 13.4 Å². The van der Waals surface area contributed by atoms with Gasteiger partial charge in [-0.2, -0.15) is 0 Å². The summed E-state index contributed by atoms with van der Waals surface area (Å²) >= 11 is 12.8. The number of nitrogens with zero attached hydrogens (tertiary/aromatic N) is 1. The number of Topliss-reactive ketones (excluding diaryl/α,β-unsaturated/α-hetero) is 1. The van der Waals surface area contributed by atoms with E-state index in [-0.39, 0.29) is 18.5 Å². The van der Waals surface area contributed by atoms with Gasteiger partial charge in [-0.25, -0.2) is 0 Å². The maximum Gasteiger partial charge on any atom is 0.315 e. The van der Waals surface area contributed by atoms with Gasteiger partial charge in [-0.1, -0.05) is 48.7 Å². The van der Waals surface area contributed by atoms with Gasteiger partial charge in [-0.3, -0.25) is 14.6 Å². The molecule has 0 N–H and O–H groups in total. The molecule has 0 saturated heterocycles. The Hall–Kier alpha value is -2.83. The zero-order valence-corrected chi connectivity index (χ0v) is 21.7. The second-order valence-electron chi connectivity index (χ2n) is 9.40. The van der Waals surface area contributed by atoms with Gasteiger partial charge in [0, 0.05) is 45.4 Å². The highest BCUT2D eigenvalue weighted by Crippen LogP contribution is 2.50. The van der Waals surface area contributed by atoms with Crippen LogP contribution in [0.1, 0.15) is 62.5 Å². The first-order chi connectivity index (χ1) is 17.4. The third-order valence-electron chi connectivity index (χ3n) is 7.05. The molecular weight excluding hydrogens is 501 g/mol. The fourth-order valence-electron chi connectivity index (χ4n) is 5.25. The summed E-state index contributed by atoms with van der Waals surface area (Å²) < 4.78 is 16.7.